The molecule has 0 saturated heterocycles. The van der Waals surface area contributed by atoms with Crippen molar-refractivity contribution in [2.24, 2.45) is 5.41 Å². The molecule has 1 N–H and O–H groups in total. The van der Waals surface area contributed by atoms with Gasteiger partial charge in [0.25, 0.3) is 0 Å². The van der Waals surface area contributed by atoms with Crippen molar-refractivity contribution in [3.63, 3.8) is 0 Å². The van der Waals surface area contributed by atoms with Gasteiger partial charge in [-0.25, -0.2) is 0 Å². The molecule has 0 amide bonds. The Morgan fingerprint density at radius 1 is 1.50 bits per heavy atom. The normalized spacial score (nSPS) is 21.0. The molecule has 0 aromatic carbocycles. The topological polar surface area (TPSA) is 28.7 Å². The van der Waals surface area contributed by atoms with Gasteiger partial charge in [0.2, 0.25) is 0 Å². The third-order valence-corrected chi connectivity index (χ3v) is 2.13. The molecule has 1 aliphatic carbocycles. The summed E-state index contributed by atoms with van der Waals surface area (Å²) < 4.78 is 0. The first kappa shape index (κ1) is 5.96. The summed E-state index contributed by atoms with van der Waals surface area (Å²) in [6.45, 7) is 4.58. The van der Waals surface area contributed by atoms with Gasteiger partial charge in [0, 0.05) is 5.69 Å². The van der Waals surface area contributed by atoms with E-state index in [9.17, 15) is 0 Å². The maximum absolute atomic E-state index is 3.98. The number of rotatable bonds is 0. The van der Waals surface area contributed by atoms with Crippen LogP contribution in [0.5, 0.6) is 0 Å². The standard InChI is InChI=1S/C8H12N2/c1-8(2)3-6-5-9-10-7(6)4-8/h5H,3-4H2,1-2H3,(H,9,10). The summed E-state index contributed by atoms with van der Waals surface area (Å²) in [5, 5.41) is 7.01. The van der Waals surface area contributed by atoms with Crippen LogP contribution in [0.25, 0.3) is 0 Å². The van der Waals surface area contributed by atoms with Gasteiger partial charge >= 0.3 is 0 Å². The van der Waals surface area contributed by atoms with Crippen molar-refractivity contribution in [3.8, 4) is 0 Å². The van der Waals surface area contributed by atoms with Gasteiger partial charge in [-0.3, -0.25) is 5.10 Å². The first-order chi connectivity index (χ1) is 4.67. The number of H-pyrrole nitrogens is 1. The molecule has 0 spiro atoms. The van der Waals surface area contributed by atoms with E-state index in [1.165, 1.54) is 17.7 Å². The minimum Gasteiger partial charge on any atom is -0.282 e. The summed E-state index contributed by atoms with van der Waals surface area (Å²) in [6, 6.07) is 0. The molecule has 1 aromatic heterocycles. The van der Waals surface area contributed by atoms with Crippen LogP contribution >= 0.6 is 0 Å². The monoisotopic (exact) mass is 136 g/mol. The maximum Gasteiger partial charge on any atom is 0.0522 e. The molecule has 2 nitrogen and oxygen atoms in total. The highest BCUT2D eigenvalue weighted by Gasteiger charge is 2.29. The number of aromatic nitrogens is 2. The molecule has 1 aromatic rings. The molecule has 0 aliphatic heterocycles. The molecule has 2 rings (SSSR count). The summed E-state index contributed by atoms with van der Waals surface area (Å²) in [7, 11) is 0. The Morgan fingerprint density at radius 2 is 2.30 bits per heavy atom. The van der Waals surface area contributed by atoms with Gasteiger partial charge in [0.05, 0.1) is 6.20 Å². The van der Waals surface area contributed by atoms with Crippen LogP contribution in [0.1, 0.15) is 25.1 Å². The number of hydrogen-bond acceptors (Lipinski definition) is 1. The fourth-order valence-electron chi connectivity index (χ4n) is 1.70. The Kier molecular flexibility index (Phi) is 0.967. The van der Waals surface area contributed by atoms with Crippen LogP contribution in [0.3, 0.4) is 0 Å². The first-order valence-electron chi connectivity index (χ1n) is 3.68. The lowest BCUT2D eigenvalue weighted by molar-refractivity contribution is 0.388. The summed E-state index contributed by atoms with van der Waals surface area (Å²) in [5.74, 6) is 0. The van der Waals surface area contributed by atoms with Crippen LogP contribution in [-0.2, 0) is 12.8 Å². The molecule has 0 fully saturated rings. The summed E-state index contributed by atoms with van der Waals surface area (Å²) in [5.41, 5.74) is 3.21. The fourth-order valence-corrected chi connectivity index (χ4v) is 1.70. The third kappa shape index (κ3) is 0.753. The van der Waals surface area contributed by atoms with Crippen molar-refractivity contribution < 1.29 is 0 Å². The van der Waals surface area contributed by atoms with Crippen molar-refractivity contribution in [1.82, 2.24) is 10.2 Å². The number of nitrogens with one attached hydrogen (secondary N) is 1. The number of aromatic amines is 1. The number of fused-ring (bicyclic) bond motifs is 1. The van der Waals surface area contributed by atoms with Crippen LogP contribution in [0.2, 0.25) is 0 Å². The second-order valence-electron chi connectivity index (χ2n) is 3.89. The average Bonchev–Trinajstić information content (AvgIpc) is 2.20. The Hall–Kier alpha value is -0.790. The Morgan fingerprint density at radius 3 is 3.00 bits per heavy atom. The lowest BCUT2D eigenvalue weighted by Gasteiger charge is -2.14. The zero-order valence-corrected chi connectivity index (χ0v) is 6.44. The van der Waals surface area contributed by atoms with Crippen molar-refractivity contribution in [3.05, 3.63) is 17.5 Å². The highest BCUT2D eigenvalue weighted by Crippen LogP contribution is 2.34. The van der Waals surface area contributed by atoms with Crippen molar-refractivity contribution in [1.29, 1.82) is 0 Å². The second-order valence-corrected chi connectivity index (χ2v) is 3.89. The van der Waals surface area contributed by atoms with E-state index in [0.717, 1.165) is 6.42 Å². The molecule has 0 unspecified atom stereocenters. The molecule has 1 aliphatic rings. The summed E-state index contributed by atoms with van der Waals surface area (Å²) in [6.07, 6.45) is 4.28. The van der Waals surface area contributed by atoms with E-state index in [1.54, 1.807) is 0 Å². The molecule has 0 bridgehead atoms. The third-order valence-electron chi connectivity index (χ3n) is 2.13. The molecule has 2 heteroatoms. The summed E-state index contributed by atoms with van der Waals surface area (Å²) >= 11 is 0. The van der Waals surface area contributed by atoms with Crippen LogP contribution in [0, 0.1) is 5.41 Å². The molecule has 1 heterocycles. The molecule has 0 radical (unpaired) electrons. The largest absolute Gasteiger partial charge is 0.282 e. The molecule has 0 saturated carbocycles. The van der Waals surface area contributed by atoms with Crippen LogP contribution in [0.15, 0.2) is 6.20 Å². The fraction of sp³-hybridized carbons (Fsp3) is 0.625. The first-order valence-corrected chi connectivity index (χ1v) is 3.68. The highest BCUT2D eigenvalue weighted by atomic mass is 15.1. The van der Waals surface area contributed by atoms with E-state index < -0.39 is 0 Å². The van der Waals surface area contributed by atoms with E-state index >= 15 is 0 Å². The summed E-state index contributed by atoms with van der Waals surface area (Å²) in [4.78, 5) is 0. The van der Waals surface area contributed by atoms with Crippen molar-refractivity contribution >= 4 is 0 Å². The van der Waals surface area contributed by atoms with Crippen LogP contribution in [-0.4, -0.2) is 10.2 Å². The lowest BCUT2D eigenvalue weighted by atomic mass is 9.91. The van der Waals surface area contributed by atoms with E-state index in [0.29, 0.717) is 5.41 Å². The highest BCUT2D eigenvalue weighted by molar-refractivity contribution is 5.24. The van der Waals surface area contributed by atoms with Gasteiger partial charge in [-0.05, 0) is 23.8 Å². The van der Waals surface area contributed by atoms with Gasteiger partial charge < -0.3 is 0 Å². The Balaban J connectivity index is 2.37. The lowest BCUT2D eigenvalue weighted by Crippen LogP contribution is -2.10. The zero-order chi connectivity index (χ0) is 7.19. The smallest absolute Gasteiger partial charge is 0.0522 e. The van der Waals surface area contributed by atoms with Gasteiger partial charge in [0.15, 0.2) is 0 Å². The van der Waals surface area contributed by atoms with Crippen molar-refractivity contribution in [2.75, 3.05) is 0 Å². The average molecular weight is 136 g/mol. The minimum absolute atomic E-state index is 0.462. The Bertz CT molecular complexity index is 225. The van der Waals surface area contributed by atoms with E-state index in [-0.39, 0.29) is 0 Å². The van der Waals surface area contributed by atoms with E-state index in [4.69, 9.17) is 0 Å². The van der Waals surface area contributed by atoms with Crippen LogP contribution < -0.4 is 0 Å². The second kappa shape index (κ2) is 1.62. The number of hydrogen-bond donors (Lipinski definition) is 1. The zero-order valence-electron chi connectivity index (χ0n) is 6.44. The van der Waals surface area contributed by atoms with E-state index in [2.05, 4.69) is 24.0 Å². The van der Waals surface area contributed by atoms with Gasteiger partial charge in [-0.1, -0.05) is 13.8 Å². The predicted molar refractivity (Wildman–Crippen MR) is 39.8 cm³/mol. The predicted octanol–water partition coefficient (Wildman–Crippen LogP) is 1.53. The molecule has 0 atom stereocenters. The maximum atomic E-state index is 3.98. The molecular formula is C8H12N2. The molecule has 54 valence electrons. The Labute approximate surface area is 60.6 Å². The molecule has 10 heavy (non-hydrogen) atoms. The van der Waals surface area contributed by atoms with Gasteiger partial charge in [0.1, 0.15) is 0 Å². The van der Waals surface area contributed by atoms with Crippen LogP contribution in [0.4, 0.5) is 0 Å². The van der Waals surface area contributed by atoms with Crippen molar-refractivity contribution in [2.45, 2.75) is 26.7 Å². The van der Waals surface area contributed by atoms with E-state index in [1.807, 2.05) is 6.20 Å². The molecular weight excluding hydrogens is 124 g/mol. The SMILES string of the molecule is CC1(C)Cc2cn[nH]c2C1. The number of nitrogens with zero attached hydrogens (tertiary/aromatic N) is 1. The van der Waals surface area contributed by atoms with Gasteiger partial charge in [-0.2, -0.15) is 5.10 Å². The van der Waals surface area contributed by atoms with Gasteiger partial charge in [-0.15, -0.1) is 0 Å². The minimum atomic E-state index is 0.462. The quantitative estimate of drug-likeness (QED) is 0.575.